The summed E-state index contributed by atoms with van der Waals surface area (Å²) < 4.78 is 0. The van der Waals surface area contributed by atoms with Crippen molar-refractivity contribution in [2.24, 2.45) is 5.92 Å². The van der Waals surface area contributed by atoms with Crippen LogP contribution >= 0.6 is 0 Å². The predicted molar refractivity (Wildman–Crippen MR) is 80.7 cm³/mol. The predicted octanol–water partition coefficient (Wildman–Crippen LogP) is 1.46. The van der Waals surface area contributed by atoms with E-state index in [2.05, 4.69) is 36.3 Å². The summed E-state index contributed by atoms with van der Waals surface area (Å²) in [6.07, 6.45) is 0.982. The fourth-order valence-corrected chi connectivity index (χ4v) is 3.21. The van der Waals surface area contributed by atoms with Crippen LogP contribution in [0.3, 0.4) is 0 Å². The molecular formula is C16H23N3O. The monoisotopic (exact) mass is 273 g/mol. The zero-order valence-electron chi connectivity index (χ0n) is 12.3. The lowest BCUT2D eigenvalue weighted by Crippen LogP contribution is -2.43. The molecule has 4 heteroatoms. The zero-order valence-corrected chi connectivity index (χ0v) is 12.3. The van der Waals surface area contributed by atoms with Crippen LogP contribution in [0.2, 0.25) is 0 Å². The first-order valence-corrected chi connectivity index (χ1v) is 7.46. The molecule has 1 N–H and O–H groups in total. The van der Waals surface area contributed by atoms with Gasteiger partial charge in [-0.25, -0.2) is 0 Å². The number of fused-ring (bicyclic) bond motifs is 1. The van der Waals surface area contributed by atoms with Gasteiger partial charge in [-0.3, -0.25) is 4.79 Å². The SMILES string of the molecule is CC1CN(C(=O)C2CCN(C)C2)c2ccccc2CN1. The molecule has 1 amide bonds. The number of benzene rings is 1. The Bertz CT molecular complexity index is 502. The van der Waals surface area contributed by atoms with E-state index in [0.29, 0.717) is 6.04 Å². The Morgan fingerprint density at radius 3 is 2.85 bits per heavy atom. The number of nitrogens with one attached hydrogen (secondary N) is 1. The van der Waals surface area contributed by atoms with Crippen LogP contribution in [0.25, 0.3) is 0 Å². The molecule has 2 aliphatic rings. The molecule has 1 aromatic rings. The van der Waals surface area contributed by atoms with Gasteiger partial charge in [0.25, 0.3) is 0 Å². The Morgan fingerprint density at radius 1 is 1.30 bits per heavy atom. The molecule has 20 heavy (non-hydrogen) atoms. The minimum absolute atomic E-state index is 0.151. The third-order valence-electron chi connectivity index (χ3n) is 4.39. The molecule has 0 radical (unpaired) electrons. The van der Waals surface area contributed by atoms with Crippen molar-refractivity contribution >= 4 is 11.6 Å². The number of anilines is 1. The number of para-hydroxylation sites is 1. The highest BCUT2D eigenvalue weighted by molar-refractivity contribution is 5.96. The van der Waals surface area contributed by atoms with E-state index in [0.717, 1.165) is 38.3 Å². The van der Waals surface area contributed by atoms with Crippen LogP contribution < -0.4 is 10.2 Å². The van der Waals surface area contributed by atoms with Gasteiger partial charge in [-0.15, -0.1) is 0 Å². The number of carbonyl (C=O) groups excluding carboxylic acids is 1. The minimum atomic E-state index is 0.151. The van der Waals surface area contributed by atoms with Gasteiger partial charge >= 0.3 is 0 Å². The maximum Gasteiger partial charge on any atom is 0.231 e. The van der Waals surface area contributed by atoms with E-state index in [9.17, 15) is 4.79 Å². The number of rotatable bonds is 1. The van der Waals surface area contributed by atoms with E-state index in [1.807, 2.05) is 17.0 Å². The van der Waals surface area contributed by atoms with Crippen molar-refractivity contribution in [3.8, 4) is 0 Å². The number of amides is 1. The molecule has 0 bridgehead atoms. The van der Waals surface area contributed by atoms with Gasteiger partial charge in [0, 0.05) is 31.4 Å². The first-order valence-electron chi connectivity index (χ1n) is 7.46. The molecule has 2 unspecified atom stereocenters. The second-order valence-electron chi connectivity index (χ2n) is 6.11. The molecule has 2 atom stereocenters. The lowest BCUT2D eigenvalue weighted by Gasteiger charge is -2.27. The maximum atomic E-state index is 12.9. The maximum absolute atomic E-state index is 12.9. The molecule has 1 aromatic carbocycles. The molecule has 1 saturated heterocycles. The van der Waals surface area contributed by atoms with Crippen LogP contribution in [0.4, 0.5) is 5.69 Å². The highest BCUT2D eigenvalue weighted by atomic mass is 16.2. The molecule has 2 aliphatic heterocycles. The van der Waals surface area contributed by atoms with Gasteiger partial charge in [-0.05, 0) is 38.6 Å². The van der Waals surface area contributed by atoms with Gasteiger partial charge < -0.3 is 15.1 Å². The van der Waals surface area contributed by atoms with Crippen LogP contribution in [0.1, 0.15) is 18.9 Å². The summed E-state index contributed by atoms with van der Waals surface area (Å²) in [5.74, 6) is 0.440. The van der Waals surface area contributed by atoms with Gasteiger partial charge in [-0.1, -0.05) is 18.2 Å². The molecular weight excluding hydrogens is 250 g/mol. The van der Waals surface area contributed by atoms with Gasteiger partial charge in [0.2, 0.25) is 5.91 Å². The molecule has 4 nitrogen and oxygen atoms in total. The van der Waals surface area contributed by atoms with Crippen LogP contribution in [-0.4, -0.2) is 43.5 Å². The largest absolute Gasteiger partial charge is 0.310 e. The van der Waals surface area contributed by atoms with Crippen molar-refractivity contribution in [3.05, 3.63) is 29.8 Å². The molecule has 0 spiro atoms. The number of nitrogens with zero attached hydrogens (tertiary/aromatic N) is 2. The Kier molecular flexibility index (Phi) is 3.76. The smallest absolute Gasteiger partial charge is 0.231 e. The third kappa shape index (κ3) is 2.58. The second kappa shape index (κ2) is 5.54. The van der Waals surface area contributed by atoms with Gasteiger partial charge in [0.15, 0.2) is 0 Å². The van der Waals surface area contributed by atoms with Crippen LogP contribution in [0.5, 0.6) is 0 Å². The highest BCUT2D eigenvalue weighted by Crippen LogP contribution is 2.27. The van der Waals surface area contributed by atoms with E-state index in [1.54, 1.807) is 0 Å². The quantitative estimate of drug-likeness (QED) is 0.841. The molecule has 108 valence electrons. The van der Waals surface area contributed by atoms with Crippen molar-refractivity contribution < 1.29 is 4.79 Å². The van der Waals surface area contributed by atoms with E-state index in [-0.39, 0.29) is 11.8 Å². The van der Waals surface area contributed by atoms with Gasteiger partial charge in [0.1, 0.15) is 0 Å². The lowest BCUT2D eigenvalue weighted by molar-refractivity contribution is -0.122. The van der Waals surface area contributed by atoms with E-state index < -0.39 is 0 Å². The van der Waals surface area contributed by atoms with E-state index in [4.69, 9.17) is 0 Å². The van der Waals surface area contributed by atoms with Crippen LogP contribution in [0, 0.1) is 5.92 Å². The standard InChI is InChI=1S/C16H23N3O/c1-12-10-19(16(20)14-7-8-18(2)11-14)15-6-4-3-5-13(15)9-17-12/h3-6,12,14,17H,7-11H2,1-2H3. The average molecular weight is 273 g/mol. The summed E-state index contributed by atoms with van der Waals surface area (Å²) in [5, 5.41) is 3.48. The van der Waals surface area contributed by atoms with E-state index in [1.165, 1.54) is 5.56 Å². The Morgan fingerprint density at radius 2 is 2.10 bits per heavy atom. The topological polar surface area (TPSA) is 35.6 Å². The second-order valence-corrected chi connectivity index (χ2v) is 6.11. The normalized spacial score (nSPS) is 27.2. The molecule has 0 saturated carbocycles. The van der Waals surface area contributed by atoms with Gasteiger partial charge in [-0.2, -0.15) is 0 Å². The van der Waals surface area contributed by atoms with Crippen molar-refractivity contribution in [2.45, 2.75) is 25.9 Å². The summed E-state index contributed by atoms with van der Waals surface area (Å²) in [5.41, 5.74) is 2.31. The summed E-state index contributed by atoms with van der Waals surface area (Å²) >= 11 is 0. The summed E-state index contributed by atoms with van der Waals surface area (Å²) in [7, 11) is 2.09. The molecule has 3 rings (SSSR count). The lowest BCUT2D eigenvalue weighted by atomic mass is 10.1. The number of likely N-dealkylation sites (tertiary alicyclic amines) is 1. The minimum Gasteiger partial charge on any atom is -0.310 e. The van der Waals surface area contributed by atoms with Crippen LogP contribution in [-0.2, 0) is 11.3 Å². The van der Waals surface area contributed by atoms with Crippen LogP contribution in [0.15, 0.2) is 24.3 Å². The first kappa shape index (κ1) is 13.6. The van der Waals surface area contributed by atoms with Gasteiger partial charge in [0.05, 0.1) is 5.92 Å². The summed E-state index contributed by atoms with van der Waals surface area (Å²) in [6.45, 7) is 5.66. The number of hydrogen-bond donors (Lipinski definition) is 1. The number of hydrogen-bond acceptors (Lipinski definition) is 3. The Balaban J connectivity index is 1.88. The number of carbonyl (C=O) groups is 1. The fraction of sp³-hybridized carbons (Fsp3) is 0.562. The van der Waals surface area contributed by atoms with E-state index >= 15 is 0 Å². The first-order chi connectivity index (χ1) is 9.65. The molecule has 2 heterocycles. The average Bonchev–Trinajstić information content (AvgIpc) is 2.81. The molecule has 1 fully saturated rings. The van der Waals surface area contributed by atoms with Crippen molar-refractivity contribution in [3.63, 3.8) is 0 Å². The van der Waals surface area contributed by atoms with Crippen molar-refractivity contribution in [1.29, 1.82) is 0 Å². The molecule has 0 aromatic heterocycles. The van der Waals surface area contributed by atoms with Crippen molar-refractivity contribution in [2.75, 3.05) is 31.6 Å². The Labute approximate surface area is 120 Å². The third-order valence-corrected chi connectivity index (χ3v) is 4.39. The molecule has 0 aliphatic carbocycles. The summed E-state index contributed by atoms with van der Waals surface area (Å²) in [6, 6.07) is 8.58. The fourth-order valence-electron chi connectivity index (χ4n) is 3.21. The Hall–Kier alpha value is -1.39. The summed E-state index contributed by atoms with van der Waals surface area (Å²) in [4.78, 5) is 17.1. The van der Waals surface area contributed by atoms with Crippen molar-refractivity contribution in [1.82, 2.24) is 10.2 Å². The zero-order chi connectivity index (χ0) is 14.1. The highest BCUT2D eigenvalue weighted by Gasteiger charge is 2.32.